The fourth-order valence-corrected chi connectivity index (χ4v) is 4.11. The van der Waals surface area contributed by atoms with Gasteiger partial charge < -0.3 is 4.90 Å². The molecule has 190 valence electrons. The normalized spacial score (nSPS) is 10.9. The quantitative estimate of drug-likeness (QED) is 0.201. The molecular weight excluding hydrogens is 466 g/mol. The Hall–Kier alpha value is -3.75. The van der Waals surface area contributed by atoms with Crippen molar-refractivity contribution in [1.29, 1.82) is 0 Å². The summed E-state index contributed by atoms with van der Waals surface area (Å²) in [5, 5.41) is 0. The molecule has 4 aromatic carbocycles. The van der Waals surface area contributed by atoms with Crippen molar-refractivity contribution in [3.8, 4) is 11.1 Å². The second-order valence-electron chi connectivity index (χ2n) is 8.17. The molecule has 4 aromatic rings. The number of para-hydroxylation sites is 1. The highest BCUT2D eigenvalue weighted by molar-refractivity contribution is 7.84. The number of hydrogen-bond donors (Lipinski definition) is 1. The van der Waals surface area contributed by atoms with Crippen LogP contribution in [0.1, 0.15) is 31.9 Å². The van der Waals surface area contributed by atoms with Gasteiger partial charge in [0.2, 0.25) is 0 Å². The second-order valence-corrected chi connectivity index (χ2v) is 8.65. The molecule has 0 bridgehead atoms. The molecule has 0 heterocycles. The molecule has 0 unspecified atom stereocenters. The van der Waals surface area contributed by atoms with Gasteiger partial charge in [-0.15, -0.1) is 12.6 Å². The number of hydrogen-bond acceptors (Lipinski definition) is 2. The van der Waals surface area contributed by atoms with Crippen LogP contribution in [0.4, 0.5) is 11.4 Å². The summed E-state index contributed by atoms with van der Waals surface area (Å²) in [6, 6.07) is 37.6. The van der Waals surface area contributed by atoms with Crippen molar-refractivity contribution in [2.45, 2.75) is 34.6 Å². The van der Waals surface area contributed by atoms with Gasteiger partial charge in [0, 0.05) is 16.3 Å². The van der Waals surface area contributed by atoms with E-state index in [0.717, 1.165) is 22.0 Å². The van der Waals surface area contributed by atoms with Crippen LogP contribution in [0.3, 0.4) is 0 Å². The van der Waals surface area contributed by atoms with Crippen molar-refractivity contribution in [1.82, 2.24) is 0 Å². The SMILES string of the molecule is C=C/C(=C(S)\C=C/C)N(c1cccc(-c2ccccc2)c1)c1ccccc1C.CC.Cc1ccccc1. The maximum absolute atomic E-state index is 4.73. The molecule has 4 rings (SSSR count). The Morgan fingerprint density at radius 3 is 1.84 bits per heavy atom. The summed E-state index contributed by atoms with van der Waals surface area (Å²) in [4.78, 5) is 3.09. The van der Waals surface area contributed by atoms with Crippen LogP contribution in [0.2, 0.25) is 0 Å². The van der Waals surface area contributed by atoms with Crippen LogP contribution in [-0.2, 0) is 0 Å². The van der Waals surface area contributed by atoms with E-state index < -0.39 is 0 Å². The summed E-state index contributed by atoms with van der Waals surface area (Å²) in [6.45, 7) is 14.3. The summed E-state index contributed by atoms with van der Waals surface area (Å²) < 4.78 is 0. The fraction of sp³-hybridized carbons (Fsp3) is 0.143. The summed E-state index contributed by atoms with van der Waals surface area (Å²) in [5.74, 6) is 0. The zero-order valence-corrected chi connectivity index (χ0v) is 23.6. The molecule has 0 atom stereocenters. The smallest absolute Gasteiger partial charge is 0.0589 e. The lowest BCUT2D eigenvalue weighted by atomic mass is 10.0. The monoisotopic (exact) mass is 505 g/mol. The predicted molar refractivity (Wildman–Crippen MR) is 169 cm³/mol. The van der Waals surface area contributed by atoms with Crippen LogP contribution >= 0.6 is 12.6 Å². The molecular formula is C35H39NS. The molecule has 2 heteroatoms. The fourth-order valence-electron chi connectivity index (χ4n) is 3.77. The Morgan fingerprint density at radius 2 is 1.30 bits per heavy atom. The molecule has 0 radical (unpaired) electrons. The van der Waals surface area contributed by atoms with Crippen LogP contribution in [0, 0.1) is 13.8 Å². The van der Waals surface area contributed by atoms with Crippen molar-refractivity contribution >= 4 is 24.0 Å². The maximum atomic E-state index is 4.73. The average Bonchev–Trinajstić information content (AvgIpc) is 2.95. The largest absolute Gasteiger partial charge is 0.309 e. The first-order valence-electron chi connectivity index (χ1n) is 12.8. The summed E-state index contributed by atoms with van der Waals surface area (Å²) in [7, 11) is 0. The van der Waals surface area contributed by atoms with Crippen LogP contribution < -0.4 is 4.90 Å². The molecule has 0 aromatic heterocycles. The third-order valence-electron chi connectivity index (χ3n) is 5.53. The van der Waals surface area contributed by atoms with E-state index in [-0.39, 0.29) is 0 Å². The Morgan fingerprint density at radius 1 is 0.730 bits per heavy atom. The van der Waals surface area contributed by atoms with E-state index in [1.807, 2.05) is 63.3 Å². The minimum absolute atomic E-state index is 0.867. The molecule has 0 saturated carbocycles. The number of nitrogens with zero attached hydrogens (tertiary/aromatic N) is 1. The molecule has 0 fully saturated rings. The molecule has 0 amide bonds. The molecule has 0 N–H and O–H groups in total. The number of benzene rings is 4. The number of aryl methyl sites for hydroxylation is 2. The Balaban J connectivity index is 0.000000455. The highest BCUT2D eigenvalue weighted by Crippen LogP contribution is 2.36. The van der Waals surface area contributed by atoms with Crippen LogP contribution in [0.5, 0.6) is 0 Å². The Bertz CT molecular complexity index is 1290. The number of allylic oxidation sites excluding steroid dienone is 3. The third-order valence-corrected chi connectivity index (χ3v) is 5.91. The van der Waals surface area contributed by atoms with Gasteiger partial charge in [-0.25, -0.2) is 0 Å². The first kappa shape index (κ1) is 29.5. The van der Waals surface area contributed by atoms with E-state index in [1.165, 1.54) is 22.3 Å². The lowest BCUT2D eigenvalue weighted by Crippen LogP contribution is -2.17. The Labute approximate surface area is 229 Å². The minimum Gasteiger partial charge on any atom is -0.309 e. The molecule has 0 saturated heterocycles. The molecule has 37 heavy (non-hydrogen) atoms. The van der Waals surface area contributed by atoms with Gasteiger partial charge in [0.1, 0.15) is 0 Å². The number of rotatable bonds is 6. The highest BCUT2D eigenvalue weighted by atomic mass is 32.1. The highest BCUT2D eigenvalue weighted by Gasteiger charge is 2.17. The van der Waals surface area contributed by atoms with E-state index in [1.54, 1.807) is 0 Å². The van der Waals surface area contributed by atoms with Crippen molar-refractivity contribution in [2.24, 2.45) is 0 Å². The van der Waals surface area contributed by atoms with E-state index in [0.29, 0.717) is 0 Å². The molecule has 0 aliphatic heterocycles. The lowest BCUT2D eigenvalue weighted by Gasteiger charge is -2.29. The number of thiol groups is 1. The lowest BCUT2D eigenvalue weighted by molar-refractivity contribution is 1.18. The van der Waals surface area contributed by atoms with Crippen molar-refractivity contribution in [3.63, 3.8) is 0 Å². The Kier molecular flexibility index (Phi) is 12.8. The zero-order valence-electron chi connectivity index (χ0n) is 22.7. The van der Waals surface area contributed by atoms with E-state index >= 15 is 0 Å². The van der Waals surface area contributed by atoms with Crippen molar-refractivity contribution in [2.75, 3.05) is 4.90 Å². The molecule has 0 spiro atoms. The molecule has 1 nitrogen and oxygen atoms in total. The molecule has 0 aliphatic rings. The van der Waals surface area contributed by atoms with E-state index in [2.05, 4.69) is 110 Å². The second kappa shape index (κ2) is 16.1. The van der Waals surface area contributed by atoms with Crippen molar-refractivity contribution < 1.29 is 0 Å². The van der Waals surface area contributed by atoms with Gasteiger partial charge in [-0.3, -0.25) is 0 Å². The van der Waals surface area contributed by atoms with Crippen LogP contribution in [0.25, 0.3) is 11.1 Å². The van der Waals surface area contributed by atoms with E-state index in [9.17, 15) is 0 Å². The minimum atomic E-state index is 0.867. The zero-order chi connectivity index (χ0) is 27.0. The first-order chi connectivity index (χ1) is 18.0. The maximum Gasteiger partial charge on any atom is 0.0589 e. The van der Waals surface area contributed by atoms with E-state index in [4.69, 9.17) is 12.6 Å². The van der Waals surface area contributed by atoms with Crippen molar-refractivity contribution in [3.05, 3.63) is 156 Å². The predicted octanol–water partition coefficient (Wildman–Crippen LogP) is 10.7. The van der Waals surface area contributed by atoms with Gasteiger partial charge in [-0.05, 0) is 61.7 Å². The van der Waals surface area contributed by atoms with Gasteiger partial charge in [-0.2, -0.15) is 0 Å². The van der Waals surface area contributed by atoms with Crippen LogP contribution in [-0.4, -0.2) is 0 Å². The van der Waals surface area contributed by atoms with Gasteiger partial charge in [-0.1, -0.05) is 129 Å². The summed E-state index contributed by atoms with van der Waals surface area (Å²) >= 11 is 4.73. The average molecular weight is 506 g/mol. The standard InChI is InChI=1S/C26H25NS.C7H8.C2H6/c1-4-12-26(28)24(5-2)27(25-18-10-9-13-20(25)3)23-17-11-16-22(19-23)21-14-7-6-8-15-21;1-7-5-3-2-4-6-7;1-2/h4-19,28H,2H2,1,3H3;2-6H,1H3;1-2H3/b12-4-,26-24-;;. The summed E-state index contributed by atoms with van der Waals surface area (Å²) in [5.41, 5.74) is 8.00. The summed E-state index contributed by atoms with van der Waals surface area (Å²) in [6.07, 6.45) is 5.85. The van der Waals surface area contributed by atoms with Gasteiger partial charge in [0.05, 0.1) is 5.70 Å². The van der Waals surface area contributed by atoms with Gasteiger partial charge in [0.25, 0.3) is 0 Å². The first-order valence-corrected chi connectivity index (χ1v) is 13.2. The van der Waals surface area contributed by atoms with Crippen LogP contribution in [0.15, 0.2) is 145 Å². The third kappa shape index (κ3) is 8.70. The van der Waals surface area contributed by atoms with Gasteiger partial charge >= 0.3 is 0 Å². The number of anilines is 2. The van der Waals surface area contributed by atoms with Gasteiger partial charge in [0.15, 0.2) is 0 Å². The molecule has 0 aliphatic carbocycles. The topological polar surface area (TPSA) is 3.24 Å².